The van der Waals surface area contributed by atoms with Crippen LogP contribution in [0.2, 0.25) is 0 Å². The van der Waals surface area contributed by atoms with Crippen LogP contribution in [0.5, 0.6) is 0 Å². The SMILES string of the molecule is COCc1ccccc1C(=NOC)c1nc(N)n[nH]1. The number of H-pyrrole nitrogens is 1. The summed E-state index contributed by atoms with van der Waals surface area (Å²) in [4.78, 5) is 8.94. The zero-order chi connectivity index (χ0) is 13.7. The molecule has 0 aliphatic heterocycles. The number of nitrogens with one attached hydrogen (secondary N) is 1. The Kier molecular flexibility index (Phi) is 4.09. The van der Waals surface area contributed by atoms with Crippen molar-refractivity contribution in [1.82, 2.24) is 15.2 Å². The minimum absolute atomic E-state index is 0.156. The molecule has 7 nitrogen and oxygen atoms in total. The number of hydrogen-bond acceptors (Lipinski definition) is 6. The zero-order valence-electron chi connectivity index (χ0n) is 10.8. The summed E-state index contributed by atoms with van der Waals surface area (Å²) in [6, 6.07) is 7.69. The van der Waals surface area contributed by atoms with Gasteiger partial charge in [0, 0.05) is 12.7 Å². The average Bonchev–Trinajstić information content (AvgIpc) is 2.84. The number of hydrogen-bond donors (Lipinski definition) is 2. The predicted octanol–water partition coefficient (Wildman–Crippen LogP) is 0.932. The lowest BCUT2D eigenvalue weighted by molar-refractivity contribution is 0.184. The molecule has 0 saturated heterocycles. The van der Waals surface area contributed by atoms with Gasteiger partial charge in [0.05, 0.1) is 6.61 Å². The Morgan fingerprint density at radius 3 is 2.79 bits per heavy atom. The van der Waals surface area contributed by atoms with Crippen LogP contribution in [0, 0.1) is 0 Å². The minimum atomic E-state index is 0.156. The molecule has 100 valence electrons. The van der Waals surface area contributed by atoms with E-state index in [1.54, 1.807) is 7.11 Å². The highest BCUT2D eigenvalue weighted by Crippen LogP contribution is 2.15. The van der Waals surface area contributed by atoms with Crippen molar-refractivity contribution >= 4 is 11.7 Å². The number of anilines is 1. The van der Waals surface area contributed by atoms with Gasteiger partial charge in [0.2, 0.25) is 5.95 Å². The highest BCUT2D eigenvalue weighted by atomic mass is 16.6. The van der Waals surface area contributed by atoms with Crippen LogP contribution < -0.4 is 5.73 Å². The lowest BCUT2D eigenvalue weighted by Gasteiger charge is -2.08. The van der Waals surface area contributed by atoms with Crippen molar-refractivity contribution in [2.75, 3.05) is 20.0 Å². The monoisotopic (exact) mass is 261 g/mol. The van der Waals surface area contributed by atoms with E-state index in [2.05, 4.69) is 20.3 Å². The second-order valence-corrected chi connectivity index (χ2v) is 3.75. The summed E-state index contributed by atoms with van der Waals surface area (Å²) >= 11 is 0. The van der Waals surface area contributed by atoms with E-state index in [9.17, 15) is 0 Å². The maximum Gasteiger partial charge on any atom is 0.239 e. The molecular formula is C12H15N5O2. The van der Waals surface area contributed by atoms with E-state index < -0.39 is 0 Å². The van der Waals surface area contributed by atoms with Gasteiger partial charge in [0.15, 0.2) is 11.5 Å². The third kappa shape index (κ3) is 2.89. The van der Waals surface area contributed by atoms with Gasteiger partial charge >= 0.3 is 0 Å². The maximum atomic E-state index is 5.51. The van der Waals surface area contributed by atoms with Gasteiger partial charge in [-0.05, 0) is 5.56 Å². The fourth-order valence-corrected chi connectivity index (χ4v) is 1.72. The number of nitrogens with two attached hydrogens (primary N) is 1. The molecule has 0 saturated carbocycles. The number of aromatic nitrogens is 3. The van der Waals surface area contributed by atoms with Crippen molar-refractivity contribution in [2.45, 2.75) is 6.61 Å². The van der Waals surface area contributed by atoms with E-state index in [0.29, 0.717) is 18.1 Å². The van der Waals surface area contributed by atoms with Crippen molar-refractivity contribution in [3.63, 3.8) is 0 Å². The van der Waals surface area contributed by atoms with Gasteiger partial charge < -0.3 is 15.3 Å². The quantitative estimate of drug-likeness (QED) is 0.616. The summed E-state index contributed by atoms with van der Waals surface area (Å²) in [6.45, 7) is 0.461. The molecule has 19 heavy (non-hydrogen) atoms. The molecule has 2 rings (SSSR count). The molecule has 1 aromatic carbocycles. The van der Waals surface area contributed by atoms with E-state index in [4.69, 9.17) is 15.3 Å². The van der Waals surface area contributed by atoms with Crippen LogP contribution in [-0.2, 0) is 16.2 Å². The number of methoxy groups -OCH3 is 1. The topological polar surface area (TPSA) is 98.4 Å². The lowest BCUT2D eigenvalue weighted by Crippen LogP contribution is -2.10. The van der Waals surface area contributed by atoms with Crippen LogP contribution in [0.1, 0.15) is 17.0 Å². The Morgan fingerprint density at radius 2 is 2.16 bits per heavy atom. The number of rotatable bonds is 5. The van der Waals surface area contributed by atoms with Crippen molar-refractivity contribution < 1.29 is 9.57 Å². The van der Waals surface area contributed by atoms with Gasteiger partial charge in [-0.1, -0.05) is 29.4 Å². The highest BCUT2D eigenvalue weighted by molar-refractivity contribution is 6.11. The Hall–Kier alpha value is -2.41. The van der Waals surface area contributed by atoms with E-state index in [1.165, 1.54) is 7.11 Å². The molecule has 0 aliphatic rings. The van der Waals surface area contributed by atoms with Crippen molar-refractivity contribution in [1.29, 1.82) is 0 Å². The molecule has 0 fully saturated rings. The van der Waals surface area contributed by atoms with Gasteiger partial charge in [0.1, 0.15) is 7.11 Å². The molecule has 0 radical (unpaired) electrons. The third-order valence-electron chi connectivity index (χ3n) is 2.48. The van der Waals surface area contributed by atoms with Crippen molar-refractivity contribution in [2.24, 2.45) is 5.16 Å². The first-order valence-electron chi connectivity index (χ1n) is 5.63. The Bertz CT molecular complexity index is 579. The molecule has 1 heterocycles. The van der Waals surface area contributed by atoms with Crippen LogP contribution in [0.15, 0.2) is 29.4 Å². The number of nitrogens with zero attached hydrogens (tertiary/aromatic N) is 3. The second kappa shape index (κ2) is 5.96. The van der Waals surface area contributed by atoms with Crippen LogP contribution in [-0.4, -0.2) is 35.1 Å². The Morgan fingerprint density at radius 1 is 1.37 bits per heavy atom. The number of nitrogen functional groups attached to an aromatic ring is 1. The van der Waals surface area contributed by atoms with Crippen LogP contribution >= 0.6 is 0 Å². The number of oxime groups is 1. The first-order chi connectivity index (χ1) is 9.26. The van der Waals surface area contributed by atoms with E-state index in [-0.39, 0.29) is 5.95 Å². The van der Waals surface area contributed by atoms with Gasteiger partial charge in [-0.3, -0.25) is 5.10 Å². The van der Waals surface area contributed by atoms with Gasteiger partial charge in [0.25, 0.3) is 0 Å². The lowest BCUT2D eigenvalue weighted by atomic mass is 10.0. The first-order valence-corrected chi connectivity index (χ1v) is 5.63. The fraction of sp³-hybridized carbons (Fsp3) is 0.250. The molecule has 0 atom stereocenters. The third-order valence-corrected chi connectivity index (χ3v) is 2.48. The fourth-order valence-electron chi connectivity index (χ4n) is 1.72. The minimum Gasteiger partial charge on any atom is -0.399 e. The summed E-state index contributed by atoms with van der Waals surface area (Å²) < 4.78 is 5.17. The van der Waals surface area contributed by atoms with Gasteiger partial charge in [-0.15, -0.1) is 5.10 Å². The number of ether oxygens (including phenoxy) is 1. The summed E-state index contributed by atoms with van der Waals surface area (Å²) in [6.07, 6.45) is 0. The molecule has 0 aliphatic carbocycles. The Labute approximate surface area is 110 Å². The molecule has 2 aromatic rings. The molecule has 3 N–H and O–H groups in total. The van der Waals surface area contributed by atoms with Crippen LogP contribution in [0.25, 0.3) is 0 Å². The average molecular weight is 261 g/mol. The smallest absolute Gasteiger partial charge is 0.239 e. The van der Waals surface area contributed by atoms with Crippen LogP contribution in [0.3, 0.4) is 0 Å². The van der Waals surface area contributed by atoms with Gasteiger partial charge in [-0.25, -0.2) is 0 Å². The zero-order valence-corrected chi connectivity index (χ0v) is 10.8. The summed E-state index contributed by atoms with van der Waals surface area (Å²) in [5.41, 5.74) is 7.86. The largest absolute Gasteiger partial charge is 0.399 e. The summed E-state index contributed by atoms with van der Waals surface area (Å²) in [5.74, 6) is 0.603. The molecule has 0 bridgehead atoms. The summed E-state index contributed by atoms with van der Waals surface area (Å²) in [5, 5.41) is 10.5. The normalized spacial score (nSPS) is 11.6. The molecule has 0 amide bonds. The molecule has 0 unspecified atom stereocenters. The van der Waals surface area contributed by atoms with Crippen molar-refractivity contribution in [3.8, 4) is 0 Å². The van der Waals surface area contributed by atoms with Gasteiger partial charge in [-0.2, -0.15) is 4.98 Å². The maximum absolute atomic E-state index is 5.51. The van der Waals surface area contributed by atoms with E-state index >= 15 is 0 Å². The first kappa shape index (κ1) is 13.0. The predicted molar refractivity (Wildman–Crippen MR) is 70.6 cm³/mol. The van der Waals surface area contributed by atoms with E-state index in [0.717, 1.165) is 11.1 Å². The number of benzene rings is 1. The molecular weight excluding hydrogens is 246 g/mol. The molecule has 7 heteroatoms. The standard InChI is InChI=1S/C12H15N5O2/c1-18-7-8-5-3-4-6-9(8)10(17-19-2)11-14-12(13)16-15-11/h3-6H,7H2,1-2H3,(H3,13,14,15,16). The molecule has 0 spiro atoms. The second-order valence-electron chi connectivity index (χ2n) is 3.75. The molecule has 1 aromatic heterocycles. The van der Waals surface area contributed by atoms with E-state index in [1.807, 2.05) is 24.3 Å². The van der Waals surface area contributed by atoms with Crippen LogP contribution in [0.4, 0.5) is 5.95 Å². The Balaban J connectivity index is 2.48. The highest BCUT2D eigenvalue weighted by Gasteiger charge is 2.16. The summed E-state index contributed by atoms with van der Waals surface area (Å²) in [7, 11) is 3.11. The number of aromatic amines is 1. The van der Waals surface area contributed by atoms with Crippen molar-refractivity contribution in [3.05, 3.63) is 41.2 Å².